The van der Waals surface area contributed by atoms with Gasteiger partial charge in [-0.3, -0.25) is 9.78 Å². The lowest BCUT2D eigenvalue weighted by Crippen LogP contribution is -2.60. The lowest BCUT2D eigenvalue weighted by Gasteiger charge is -2.58. The Labute approximate surface area is 190 Å². The maximum atomic E-state index is 13.5. The van der Waals surface area contributed by atoms with Gasteiger partial charge in [-0.05, 0) is 98.1 Å². The van der Waals surface area contributed by atoms with E-state index >= 15 is 0 Å². The summed E-state index contributed by atoms with van der Waals surface area (Å²) in [5.41, 5.74) is 3.38. The lowest BCUT2D eigenvalue weighted by molar-refractivity contribution is -0.163. The van der Waals surface area contributed by atoms with Crippen LogP contribution in [0, 0.1) is 23.2 Å². The van der Waals surface area contributed by atoms with Crippen LogP contribution in [-0.2, 0) is 4.79 Å². The number of hydrogen-bond donors (Lipinski definition) is 2. The number of amides is 1. The van der Waals surface area contributed by atoms with E-state index < -0.39 is 0 Å². The largest absolute Gasteiger partial charge is 0.393 e. The van der Waals surface area contributed by atoms with E-state index in [0.717, 1.165) is 58.0 Å². The third kappa shape index (κ3) is 3.51. The monoisotopic (exact) mass is 431 g/mol. The molecule has 2 N–H and O–H groups in total. The highest BCUT2D eigenvalue weighted by Crippen LogP contribution is 2.60. The number of anilines is 1. The van der Waals surface area contributed by atoms with Gasteiger partial charge in [0.25, 0.3) is 0 Å². The summed E-state index contributed by atoms with van der Waals surface area (Å²) < 4.78 is 0. The molecule has 0 radical (unpaired) electrons. The number of rotatable bonds is 4. The molecule has 1 aliphatic heterocycles. The van der Waals surface area contributed by atoms with E-state index in [2.05, 4.69) is 39.5 Å². The van der Waals surface area contributed by atoms with Crippen LogP contribution in [-0.4, -0.2) is 41.2 Å². The number of aliphatic hydroxyl groups is 1. The number of hydrogen-bond acceptors (Lipinski definition) is 4. The number of carbonyl (C=O) groups is 1. The fourth-order valence-electron chi connectivity index (χ4n) is 7.35. The second-order valence-electron chi connectivity index (χ2n) is 10.8. The highest BCUT2D eigenvalue weighted by atomic mass is 16.3. The van der Waals surface area contributed by atoms with E-state index in [9.17, 15) is 9.90 Å². The van der Waals surface area contributed by atoms with Gasteiger partial charge in [-0.25, -0.2) is 0 Å². The topological polar surface area (TPSA) is 65.5 Å². The number of aromatic nitrogens is 1. The Balaban J connectivity index is 1.12. The average Bonchev–Trinajstić information content (AvgIpc) is 2.83. The van der Waals surface area contributed by atoms with Crippen LogP contribution in [0.1, 0.15) is 44.9 Å². The molecule has 5 aliphatic rings. The second kappa shape index (κ2) is 7.87. The van der Waals surface area contributed by atoms with Gasteiger partial charge >= 0.3 is 0 Å². The summed E-state index contributed by atoms with van der Waals surface area (Å²) in [6, 6.07) is 13.0. The quantitative estimate of drug-likeness (QED) is 0.767. The minimum Gasteiger partial charge on any atom is -0.393 e. The number of pyridine rings is 1. The summed E-state index contributed by atoms with van der Waals surface area (Å²) >= 11 is 0. The van der Waals surface area contributed by atoms with Gasteiger partial charge in [0, 0.05) is 37.2 Å². The molecule has 1 aromatic carbocycles. The van der Waals surface area contributed by atoms with Gasteiger partial charge in [0.1, 0.15) is 0 Å². The summed E-state index contributed by atoms with van der Waals surface area (Å²) in [5.74, 6) is 1.59. The zero-order valence-corrected chi connectivity index (χ0v) is 18.6. The van der Waals surface area contributed by atoms with E-state index in [1.54, 1.807) is 0 Å². The number of nitrogens with one attached hydrogen (secondary N) is 1. The van der Waals surface area contributed by atoms with Crippen LogP contribution >= 0.6 is 0 Å². The second-order valence-corrected chi connectivity index (χ2v) is 10.8. The zero-order valence-electron chi connectivity index (χ0n) is 18.6. The van der Waals surface area contributed by atoms with Crippen LogP contribution in [0.3, 0.4) is 0 Å². The molecule has 3 unspecified atom stereocenters. The summed E-state index contributed by atoms with van der Waals surface area (Å²) in [7, 11) is 0. The maximum absolute atomic E-state index is 13.5. The summed E-state index contributed by atoms with van der Waals surface area (Å²) in [6.07, 6.45) is 10.7. The van der Waals surface area contributed by atoms with Crippen LogP contribution < -0.4 is 10.2 Å². The summed E-state index contributed by atoms with van der Waals surface area (Å²) in [6.45, 7) is 1.90. The standard InChI is InChI=1S/C27H33N3O2/c31-25-21-12-18-13-22(25)16-27(14-18,15-21)26(32)29-23-2-1-11-30(17-23)24-5-3-19(4-6-24)20-7-9-28-10-8-20/h3-10,18,21-23,25,31H,1-2,11-17H2,(H,29,32). The first-order valence-corrected chi connectivity index (χ1v) is 12.3. The molecule has 2 aromatic rings. The molecule has 1 saturated heterocycles. The SMILES string of the molecule is O=C(NC1CCCN(c2ccc(-c3ccncc3)cc2)C1)C12CC3CC(C1)C(O)C(C3)C2. The van der Waals surface area contributed by atoms with Gasteiger partial charge < -0.3 is 15.3 Å². The molecule has 4 aliphatic carbocycles. The molecule has 7 rings (SSSR count). The molecule has 32 heavy (non-hydrogen) atoms. The Morgan fingerprint density at radius 1 is 1.00 bits per heavy atom. The van der Waals surface area contributed by atoms with Crippen molar-refractivity contribution in [2.75, 3.05) is 18.0 Å². The van der Waals surface area contributed by atoms with Crippen molar-refractivity contribution < 1.29 is 9.90 Å². The van der Waals surface area contributed by atoms with Gasteiger partial charge in [0.05, 0.1) is 11.5 Å². The first-order chi connectivity index (χ1) is 15.6. The van der Waals surface area contributed by atoms with E-state index in [-0.39, 0.29) is 23.5 Å². The van der Waals surface area contributed by atoms with Crippen molar-refractivity contribution in [2.45, 2.75) is 57.1 Å². The van der Waals surface area contributed by atoms with E-state index in [1.807, 2.05) is 24.5 Å². The number of piperidine rings is 1. The van der Waals surface area contributed by atoms with Crippen molar-refractivity contribution in [2.24, 2.45) is 23.2 Å². The fourth-order valence-corrected chi connectivity index (χ4v) is 7.35. The molecular weight excluding hydrogens is 398 g/mol. The van der Waals surface area contributed by atoms with Crippen LogP contribution in [0.15, 0.2) is 48.8 Å². The van der Waals surface area contributed by atoms with Gasteiger partial charge in [-0.1, -0.05) is 12.1 Å². The van der Waals surface area contributed by atoms with Gasteiger partial charge in [0.2, 0.25) is 5.91 Å². The van der Waals surface area contributed by atoms with Crippen molar-refractivity contribution in [3.05, 3.63) is 48.8 Å². The minimum atomic E-state index is -0.218. The van der Waals surface area contributed by atoms with Crippen LogP contribution in [0.2, 0.25) is 0 Å². The van der Waals surface area contributed by atoms with Gasteiger partial charge in [-0.15, -0.1) is 0 Å². The lowest BCUT2D eigenvalue weighted by atomic mass is 9.48. The van der Waals surface area contributed by atoms with E-state index in [1.165, 1.54) is 16.8 Å². The van der Waals surface area contributed by atoms with Gasteiger partial charge in [-0.2, -0.15) is 0 Å². The number of aliphatic hydroxyl groups excluding tert-OH is 1. The molecule has 4 bridgehead atoms. The Hall–Kier alpha value is -2.40. The minimum absolute atomic E-state index is 0.173. The summed E-state index contributed by atoms with van der Waals surface area (Å²) in [4.78, 5) is 20.0. The smallest absolute Gasteiger partial charge is 0.226 e. The Morgan fingerprint density at radius 2 is 1.69 bits per heavy atom. The van der Waals surface area contributed by atoms with Crippen molar-refractivity contribution in [3.63, 3.8) is 0 Å². The molecule has 3 atom stereocenters. The van der Waals surface area contributed by atoms with Crippen LogP contribution in [0.5, 0.6) is 0 Å². The van der Waals surface area contributed by atoms with E-state index in [4.69, 9.17) is 0 Å². The summed E-state index contributed by atoms with van der Waals surface area (Å²) in [5, 5.41) is 14.0. The number of carbonyl (C=O) groups excluding carboxylic acids is 1. The number of nitrogens with zero attached hydrogens (tertiary/aromatic N) is 2. The third-order valence-corrected chi connectivity index (χ3v) is 8.71. The fraction of sp³-hybridized carbons (Fsp3) is 0.556. The highest BCUT2D eigenvalue weighted by Gasteiger charge is 2.58. The first-order valence-electron chi connectivity index (χ1n) is 12.3. The molecule has 0 spiro atoms. The molecule has 4 saturated carbocycles. The van der Waals surface area contributed by atoms with Crippen molar-refractivity contribution in [3.8, 4) is 11.1 Å². The van der Waals surface area contributed by atoms with E-state index in [0.29, 0.717) is 17.8 Å². The van der Waals surface area contributed by atoms with Crippen LogP contribution in [0.25, 0.3) is 11.1 Å². The van der Waals surface area contributed by atoms with Gasteiger partial charge in [0.15, 0.2) is 0 Å². The van der Waals surface area contributed by atoms with Crippen molar-refractivity contribution in [1.82, 2.24) is 10.3 Å². The first kappa shape index (κ1) is 20.2. The zero-order chi connectivity index (χ0) is 21.7. The average molecular weight is 432 g/mol. The molecule has 5 fully saturated rings. The maximum Gasteiger partial charge on any atom is 0.226 e. The number of benzene rings is 1. The molecular formula is C27H33N3O2. The third-order valence-electron chi connectivity index (χ3n) is 8.71. The predicted molar refractivity (Wildman–Crippen MR) is 125 cm³/mol. The predicted octanol–water partition coefficient (Wildman–Crippen LogP) is 4.02. The van der Waals surface area contributed by atoms with Crippen molar-refractivity contribution >= 4 is 11.6 Å². The highest BCUT2D eigenvalue weighted by molar-refractivity contribution is 5.83. The normalized spacial score (nSPS) is 35.7. The molecule has 5 heteroatoms. The Bertz CT molecular complexity index is 960. The van der Waals surface area contributed by atoms with Crippen LogP contribution in [0.4, 0.5) is 5.69 Å². The molecule has 1 aromatic heterocycles. The van der Waals surface area contributed by atoms with Crippen molar-refractivity contribution in [1.29, 1.82) is 0 Å². The molecule has 168 valence electrons. The molecule has 5 nitrogen and oxygen atoms in total. The molecule has 1 amide bonds. The Kier molecular flexibility index (Phi) is 4.98. The Morgan fingerprint density at radius 3 is 2.41 bits per heavy atom. The molecule has 2 heterocycles.